The molecule has 80 valence electrons. The van der Waals surface area contributed by atoms with Gasteiger partial charge in [0.05, 0.1) is 23.7 Å². The number of Topliss-reactive ketones (excluding diaryl/α,β-unsaturated/α-hetero) is 1. The monoisotopic (exact) mass is 224 g/mol. The minimum atomic E-state index is -0.0723. The summed E-state index contributed by atoms with van der Waals surface area (Å²) in [5.41, 5.74) is 0.917. The summed E-state index contributed by atoms with van der Waals surface area (Å²) in [6.07, 6.45) is 0.540. The summed E-state index contributed by atoms with van der Waals surface area (Å²) in [6.45, 7) is 3.01. The predicted molar refractivity (Wildman–Crippen MR) is 56.5 cm³/mol. The van der Waals surface area contributed by atoms with Crippen molar-refractivity contribution in [2.75, 3.05) is 6.54 Å². The number of aromatic nitrogens is 1. The van der Waals surface area contributed by atoms with Crippen molar-refractivity contribution in [1.29, 1.82) is 0 Å². The molecule has 0 bridgehead atoms. The second-order valence-electron chi connectivity index (χ2n) is 3.64. The van der Waals surface area contributed by atoms with Crippen molar-refractivity contribution >= 4 is 23.0 Å². The first-order chi connectivity index (χ1) is 7.15. The highest BCUT2D eigenvalue weighted by atomic mass is 32.1. The first-order valence-electron chi connectivity index (χ1n) is 4.85. The Morgan fingerprint density at radius 3 is 2.93 bits per heavy atom. The molecular weight excluding hydrogens is 212 g/mol. The van der Waals surface area contributed by atoms with Gasteiger partial charge >= 0.3 is 0 Å². The van der Waals surface area contributed by atoms with Gasteiger partial charge in [0.2, 0.25) is 5.91 Å². The van der Waals surface area contributed by atoms with Gasteiger partial charge in [-0.05, 0) is 6.92 Å². The van der Waals surface area contributed by atoms with E-state index >= 15 is 0 Å². The molecule has 0 unspecified atom stereocenters. The van der Waals surface area contributed by atoms with Gasteiger partial charge < -0.3 is 4.90 Å². The molecule has 2 rings (SSSR count). The second kappa shape index (κ2) is 4.10. The van der Waals surface area contributed by atoms with E-state index in [-0.39, 0.29) is 18.1 Å². The van der Waals surface area contributed by atoms with Crippen LogP contribution in [0.15, 0.2) is 5.38 Å². The third kappa shape index (κ3) is 2.41. The van der Waals surface area contributed by atoms with E-state index in [1.807, 2.05) is 12.3 Å². The van der Waals surface area contributed by atoms with Gasteiger partial charge in [0.1, 0.15) is 5.78 Å². The van der Waals surface area contributed by atoms with E-state index in [9.17, 15) is 9.59 Å². The Hall–Kier alpha value is -1.23. The SMILES string of the molecule is Cc1nc(CN2CCC(=O)CC2=O)cs1. The zero-order chi connectivity index (χ0) is 10.8. The molecule has 0 aromatic carbocycles. The molecule has 1 amide bonds. The molecule has 0 spiro atoms. The number of nitrogens with zero attached hydrogens (tertiary/aromatic N) is 2. The largest absolute Gasteiger partial charge is 0.336 e. The van der Waals surface area contributed by atoms with Crippen LogP contribution in [-0.4, -0.2) is 28.1 Å². The zero-order valence-corrected chi connectivity index (χ0v) is 9.34. The maximum atomic E-state index is 11.5. The van der Waals surface area contributed by atoms with Crippen molar-refractivity contribution < 1.29 is 9.59 Å². The maximum absolute atomic E-state index is 11.5. The lowest BCUT2D eigenvalue weighted by Crippen LogP contribution is -2.38. The molecule has 1 saturated heterocycles. The molecule has 0 atom stereocenters. The first kappa shape index (κ1) is 10.3. The van der Waals surface area contributed by atoms with Crippen LogP contribution in [0.2, 0.25) is 0 Å². The number of amides is 1. The van der Waals surface area contributed by atoms with Crippen LogP contribution in [0, 0.1) is 6.92 Å². The Kier molecular flexibility index (Phi) is 2.81. The van der Waals surface area contributed by atoms with Crippen LogP contribution in [0.25, 0.3) is 0 Å². The number of thiazole rings is 1. The first-order valence-corrected chi connectivity index (χ1v) is 5.73. The molecule has 1 aliphatic rings. The van der Waals surface area contributed by atoms with Crippen molar-refractivity contribution in [1.82, 2.24) is 9.88 Å². The minimum absolute atomic E-state index is 0.0470. The third-order valence-electron chi connectivity index (χ3n) is 2.38. The fourth-order valence-corrected chi connectivity index (χ4v) is 2.20. The number of carbonyl (C=O) groups is 2. The molecule has 1 aliphatic heterocycles. The Morgan fingerprint density at radius 1 is 1.53 bits per heavy atom. The zero-order valence-electron chi connectivity index (χ0n) is 8.52. The van der Waals surface area contributed by atoms with Gasteiger partial charge in [0.15, 0.2) is 0 Å². The molecule has 2 heterocycles. The van der Waals surface area contributed by atoms with Crippen molar-refractivity contribution in [3.8, 4) is 0 Å². The Balaban J connectivity index is 2.00. The number of rotatable bonds is 2. The number of aryl methyl sites for hydroxylation is 1. The quantitative estimate of drug-likeness (QED) is 0.708. The molecule has 0 aliphatic carbocycles. The average Bonchev–Trinajstić information content (AvgIpc) is 2.56. The molecule has 0 N–H and O–H groups in total. The van der Waals surface area contributed by atoms with Gasteiger partial charge in [-0.2, -0.15) is 0 Å². The summed E-state index contributed by atoms with van der Waals surface area (Å²) < 4.78 is 0. The van der Waals surface area contributed by atoms with Crippen LogP contribution < -0.4 is 0 Å². The van der Waals surface area contributed by atoms with Gasteiger partial charge in [0, 0.05) is 18.3 Å². The molecule has 1 aromatic rings. The van der Waals surface area contributed by atoms with Crippen molar-refractivity contribution in [2.45, 2.75) is 26.3 Å². The van der Waals surface area contributed by atoms with Crippen LogP contribution in [0.1, 0.15) is 23.5 Å². The standard InChI is InChI=1S/C10H12N2O2S/c1-7-11-8(6-15-7)5-12-3-2-9(13)4-10(12)14/h6H,2-5H2,1H3. The number of hydrogen-bond acceptors (Lipinski definition) is 4. The summed E-state index contributed by atoms with van der Waals surface area (Å²) >= 11 is 1.58. The third-order valence-corrected chi connectivity index (χ3v) is 3.20. The van der Waals surface area contributed by atoms with Gasteiger partial charge in [-0.25, -0.2) is 4.98 Å². The summed E-state index contributed by atoms with van der Waals surface area (Å²) in [4.78, 5) is 28.5. The Morgan fingerprint density at radius 2 is 2.33 bits per heavy atom. The fourth-order valence-electron chi connectivity index (χ4n) is 1.60. The smallest absolute Gasteiger partial charge is 0.230 e. The normalized spacial score (nSPS) is 17.3. The van der Waals surface area contributed by atoms with Crippen LogP contribution in [0.3, 0.4) is 0 Å². The summed E-state index contributed by atoms with van der Waals surface area (Å²) in [6, 6.07) is 0. The van der Waals surface area contributed by atoms with E-state index in [0.717, 1.165) is 10.7 Å². The highest BCUT2D eigenvalue weighted by Crippen LogP contribution is 2.14. The van der Waals surface area contributed by atoms with E-state index in [1.54, 1.807) is 16.2 Å². The lowest BCUT2D eigenvalue weighted by Gasteiger charge is -2.25. The minimum Gasteiger partial charge on any atom is -0.336 e. The van der Waals surface area contributed by atoms with E-state index < -0.39 is 0 Å². The summed E-state index contributed by atoms with van der Waals surface area (Å²) in [5.74, 6) is -0.0254. The van der Waals surface area contributed by atoms with Crippen LogP contribution in [0.5, 0.6) is 0 Å². The Bertz CT molecular complexity index is 400. The molecule has 0 saturated carbocycles. The molecule has 1 fully saturated rings. The predicted octanol–water partition coefficient (Wildman–Crippen LogP) is 1.14. The van der Waals surface area contributed by atoms with Gasteiger partial charge in [0.25, 0.3) is 0 Å². The number of carbonyl (C=O) groups excluding carboxylic acids is 2. The second-order valence-corrected chi connectivity index (χ2v) is 4.70. The van der Waals surface area contributed by atoms with Gasteiger partial charge in [-0.3, -0.25) is 9.59 Å². The number of piperidine rings is 1. The maximum Gasteiger partial charge on any atom is 0.230 e. The number of hydrogen-bond donors (Lipinski definition) is 0. The highest BCUT2D eigenvalue weighted by molar-refractivity contribution is 7.09. The molecular formula is C10H12N2O2S. The fraction of sp³-hybridized carbons (Fsp3) is 0.500. The average molecular weight is 224 g/mol. The van der Waals surface area contributed by atoms with Crippen LogP contribution in [0.4, 0.5) is 0 Å². The lowest BCUT2D eigenvalue weighted by atomic mass is 10.1. The van der Waals surface area contributed by atoms with E-state index in [0.29, 0.717) is 19.5 Å². The van der Waals surface area contributed by atoms with E-state index in [2.05, 4.69) is 4.98 Å². The topological polar surface area (TPSA) is 50.3 Å². The summed E-state index contributed by atoms with van der Waals surface area (Å²) in [7, 11) is 0. The van der Waals surface area contributed by atoms with E-state index in [1.165, 1.54) is 0 Å². The molecule has 0 radical (unpaired) electrons. The molecule has 4 nitrogen and oxygen atoms in total. The number of ketones is 1. The van der Waals surface area contributed by atoms with Gasteiger partial charge in [-0.15, -0.1) is 11.3 Å². The van der Waals surface area contributed by atoms with E-state index in [4.69, 9.17) is 0 Å². The van der Waals surface area contributed by atoms with Crippen LogP contribution in [-0.2, 0) is 16.1 Å². The number of likely N-dealkylation sites (tertiary alicyclic amines) is 1. The van der Waals surface area contributed by atoms with Gasteiger partial charge in [-0.1, -0.05) is 0 Å². The molecule has 5 heteroatoms. The molecule has 1 aromatic heterocycles. The lowest BCUT2D eigenvalue weighted by molar-refractivity contribution is -0.139. The highest BCUT2D eigenvalue weighted by Gasteiger charge is 2.23. The van der Waals surface area contributed by atoms with Crippen molar-refractivity contribution in [3.05, 3.63) is 16.1 Å². The summed E-state index contributed by atoms with van der Waals surface area (Å²) in [5, 5.41) is 2.96. The molecule has 15 heavy (non-hydrogen) atoms. The van der Waals surface area contributed by atoms with Crippen LogP contribution >= 0.6 is 11.3 Å². The Labute approximate surface area is 91.9 Å². The van der Waals surface area contributed by atoms with Crippen molar-refractivity contribution in [2.24, 2.45) is 0 Å². The van der Waals surface area contributed by atoms with Crippen molar-refractivity contribution in [3.63, 3.8) is 0 Å².